The first-order valence-corrected chi connectivity index (χ1v) is 10.4. The molecule has 0 bridgehead atoms. The van der Waals surface area contributed by atoms with Crippen molar-refractivity contribution in [2.24, 2.45) is 5.92 Å². The lowest BCUT2D eigenvalue weighted by molar-refractivity contribution is -0.135. The second-order valence-corrected chi connectivity index (χ2v) is 8.09. The van der Waals surface area contributed by atoms with Crippen molar-refractivity contribution < 1.29 is 14.4 Å². The van der Waals surface area contributed by atoms with Crippen molar-refractivity contribution in [3.05, 3.63) is 71.3 Å². The summed E-state index contributed by atoms with van der Waals surface area (Å²) in [5.41, 5.74) is 1.70. The zero-order valence-electron chi connectivity index (χ0n) is 16.7. The van der Waals surface area contributed by atoms with Crippen LogP contribution in [0.15, 0.2) is 54.6 Å². The summed E-state index contributed by atoms with van der Waals surface area (Å²) in [5.74, 6) is -0.289. The van der Waals surface area contributed by atoms with Crippen molar-refractivity contribution in [2.75, 3.05) is 13.1 Å². The first kappa shape index (κ1) is 19.4. The normalized spacial score (nSPS) is 20.4. The Balaban J connectivity index is 1.67. The lowest BCUT2D eigenvalue weighted by atomic mass is 10.0. The van der Waals surface area contributed by atoms with E-state index in [0.29, 0.717) is 36.6 Å². The van der Waals surface area contributed by atoms with Crippen molar-refractivity contribution in [1.29, 1.82) is 0 Å². The van der Waals surface area contributed by atoms with Crippen molar-refractivity contribution in [3.63, 3.8) is 0 Å². The van der Waals surface area contributed by atoms with Gasteiger partial charge in [0.2, 0.25) is 5.91 Å². The molecule has 2 aliphatic heterocycles. The number of carbonyl (C=O) groups excluding carboxylic acids is 3. The molecule has 5 heteroatoms. The molecule has 0 N–H and O–H groups in total. The quantitative estimate of drug-likeness (QED) is 0.751. The SMILES string of the molecule is CC1CCCN(C(=O)C(Cc2ccccc2)N2C(=O)c3ccccc3C2=O)CC1. The molecule has 0 radical (unpaired) electrons. The van der Waals surface area contributed by atoms with E-state index in [2.05, 4.69) is 6.92 Å². The highest BCUT2D eigenvalue weighted by Gasteiger charge is 2.43. The smallest absolute Gasteiger partial charge is 0.262 e. The van der Waals surface area contributed by atoms with E-state index < -0.39 is 6.04 Å². The number of hydrogen-bond acceptors (Lipinski definition) is 3. The highest BCUT2D eigenvalue weighted by Crippen LogP contribution is 2.27. The average molecular weight is 390 g/mol. The number of rotatable bonds is 4. The molecule has 29 heavy (non-hydrogen) atoms. The van der Waals surface area contributed by atoms with Gasteiger partial charge in [0.15, 0.2) is 0 Å². The number of hydrogen-bond donors (Lipinski definition) is 0. The number of amides is 3. The van der Waals surface area contributed by atoms with Gasteiger partial charge in [-0.2, -0.15) is 0 Å². The largest absolute Gasteiger partial charge is 0.341 e. The highest BCUT2D eigenvalue weighted by molar-refractivity contribution is 6.22. The molecule has 0 aromatic heterocycles. The zero-order valence-corrected chi connectivity index (χ0v) is 16.7. The van der Waals surface area contributed by atoms with Crippen LogP contribution in [0.3, 0.4) is 0 Å². The molecular formula is C24H26N2O3. The van der Waals surface area contributed by atoms with Gasteiger partial charge in [0, 0.05) is 19.5 Å². The number of imide groups is 1. The molecule has 3 amide bonds. The van der Waals surface area contributed by atoms with Gasteiger partial charge in [0.1, 0.15) is 6.04 Å². The minimum Gasteiger partial charge on any atom is -0.341 e. The Bertz CT molecular complexity index is 890. The van der Waals surface area contributed by atoms with Crippen LogP contribution in [-0.2, 0) is 11.2 Å². The number of benzene rings is 2. The Hall–Kier alpha value is -2.95. The van der Waals surface area contributed by atoms with Gasteiger partial charge in [-0.3, -0.25) is 19.3 Å². The average Bonchev–Trinajstić information content (AvgIpc) is 2.87. The van der Waals surface area contributed by atoms with E-state index in [1.54, 1.807) is 24.3 Å². The topological polar surface area (TPSA) is 57.7 Å². The molecule has 5 nitrogen and oxygen atoms in total. The Kier molecular flexibility index (Phi) is 5.47. The van der Waals surface area contributed by atoms with Crippen LogP contribution in [0.25, 0.3) is 0 Å². The lowest BCUT2D eigenvalue weighted by Gasteiger charge is -2.31. The summed E-state index contributed by atoms with van der Waals surface area (Å²) < 4.78 is 0. The zero-order chi connectivity index (χ0) is 20.4. The van der Waals surface area contributed by atoms with Crippen molar-refractivity contribution >= 4 is 17.7 Å². The van der Waals surface area contributed by atoms with Gasteiger partial charge < -0.3 is 4.90 Å². The van der Waals surface area contributed by atoms with Gasteiger partial charge in [-0.15, -0.1) is 0 Å². The minimum atomic E-state index is -0.821. The number of likely N-dealkylation sites (tertiary alicyclic amines) is 1. The first-order chi connectivity index (χ1) is 14.1. The van der Waals surface area contributed by atoms with E-state index in [4.69, 9.17) is 0 Å². The van der Waals surface area contributed by atoms with Crippen LogP contribution >= 0.6 is 0 Å². The van der Waals surface area contributed by atoms with Gasteiger partial charge >= 0.3 is 0 Å². The van der Waals surface area contributed by atoms with E-state index in [-0.39, 0.29) is 17.7 Å². The number of carbonyl (C=O) groups is 3. The van der Waals surface area contributed by atoms with Crippen molar-refractivity contribution in [1.82, 2.24) is 9.80 Å². The molecule has 2 heterocycles. The molecule has 0 spiro atoms. The maximum atomic E-state index is 13.6. The third kappa shape index (κ3) is 3.82. The Labute approximate surface area is 171 Å². The Morgan fingerprint density at radius 3 is 2.21 bits per heavy atom. The fraction of sp³-hybridized carbons (Fsp3) is 0.375. The molecule has 2 unspecified atom stereocenters. The van der Waals surface area contributed by atoms with Gasteiger partial charge in [0.25, 0.3) is 11.8 Å². The van der Waals surface area contributed by atoms with Crippen LogP contribution in [-0.4, -0.2) is 46.7 Å². The van der Waals surface area contributed by atoms with Crippen LogP contribution < -0.4 is 0 Å². The monoisotopic (exact) mass is 390 g/mol. The van der Waals surface area contributed by atoms with Crippen LogP contribution in [0.1, 0.15) is 52.5 Å². The number of fused-ring (bicyclic) bond motifs is 1. The van der Waals surface area contributed by atoms with E-state index in [9.17, 15) is 14.4 Å². The summed E-state index contributed by atoms with van der Waals surface area (Å²) in [6.45, 7) is 3.56. The molecule has 2 atom stereocenters. The standard InChI is InChI=1S/C24H26N2O3/c1-17-8-7-14-25(15-13-17)24(29)21(16-18-9-3-2-4-10-18)26-22(27)19-11-5-6-12-20(19)23(26)28/h2-6,9-12,17,21H,7-8,13-16H2,1H3. The molecule has 0 aliphatic carbocycles. The maximum Gasteiger partial charge on any atom is 0.262 e. The Morgan fingerprint density at radius 1 is 0.931 bits per heavy atom. The summed E-state index contributed by atoms with van der Waals surface area (Å²) >= 11 is 0. The van der Waals surface area contributed by atoms with Gasteiger partial charge in [-0.1, -0.05) is 49.4 Å². The van der Waals surface area contributed by atoms with E-state index >= 15 is 0 Å². The second-order valence-electron chi connectivity index (χ2n) is 8.09. The van der Waals surface area contributed by atoms with Gasteiger partial charge in [0.05, 0.1) is 11.1 Å². The molecule has 1 saturated heterocycles. The fourth-order valence-corrected chi connectivity index (χ4v) is 4.31. The molecule has 0 saturated carbocycles. The fourth-order valence-electron chi connectivity index (χ4n) is 4.31. The molecule has 2 aliphatic rings. The lowest BCUT2D eigenvalue weighted by Crippen LogP contribution is -2.52. The van der Waals surface area contributed by atoms with Crippen LogP contribution in [0.4, 0.5) is 0 Å². The number of nitrogens with zero attached hydrogens (tertiary/aromatic N) is 2. The van der Waals surface area contributed by atoms with E-state index in [1.165, 1.54) is 4.90 Å². The third-order valence-corrected chi connectivity index (χ3v) is 6.02. The summed E-state index contributed by atoms with van der Waals surface area (Å²) in [5, 5.41) is 0. The van der Waals surface area contributed by atoms with Gasteiger partial charge in [-0.05, 0) is 42.9 Å². The van der Waals surface area contributed by atoms with Crippen molar-refractivity contribution in [3.8, 4) is 0 Å². The highest BCUT2D eigenvalue weighted by atomic mass is 16.2. The van der Waals surface area contributed by atoms with Crippen molar-refractivity contribution in [2.45, 2.75) is 38.6 Å². The Morgan fingerprint density at radius 2 is 1.55 bits per heavy atom. The van der Waals surface area contributed by atoms with E-state index in [1.807, 2.05) is 35.2 Å². The molecule has 2 aromatic carbocycles. The first-order valence-electron chi connectivity index (χ1n) is 10.4. The third-order valence-electron chi connectivity index (χ3n) is 6.02. The molecule has 2 aromatic rings. The summed E-state index contributed by atoms with van der Waals surface area (Å²) in [7, 11) is 0. The predicted octanol–water partition coefficient (Wildman–Crippen LogP) is 3.54. The van der Waals surface area contributed by atoms with Crippen LogP contribution in [0.2, 0.25) is 0 Å². The summed E-state index contributed by atoms with van der Waals surface area (Å²) in [6.07, 6.45) is 3.33. The predicted molar refractivity (Wildman–Crippen MR) is 110 cm³/mol. The van der Waals surface area contributed by atoms with Crippen LogP contribution in [0.5, 0.6) is 0 Å². The van der Waals surface area contributed by atoms with E-state index in [0.717, 1.165) is 24.8 Å². The minimum absolute atomic E-state index is 0.127. The second kappa shape index (κ2) is 8.19. The van der Waals surface area contributed by atoms with Gasteiger partial charge in [-0.25, -0.2) is 0 Å². The van der Waals surface area contributed by atoms with Crippen LogP contribution in [0, 0.1) is 5.92 Å². The molecule has 150 valence electrons. The molecule has 4 rings (SSSR count). The summed E-state index contributed by atoms with van der Waals surface area (Å²) in [6, 6.07) is 15.6. The summed E-state index contributed by atoms with van der Waals surface area (Å²) in [4.78, 5) is 42.8. The maximum absolute atomic E-state index is 13.6. The molecular weight excluding hydrogens is 364 g/mol. The molecule has 1 fully saturated rings.